The molecule has 0 spiro atoms. The lowest BCUT2D eigenvalue weighted by molar-refractivity contribution is -0.136. The fourth-order valence-electron chi connectivity index (χ4n) is 4.26. The van der Waals surface area contributed by atoms with Crippen LogP contribution in [-0.4, -0.2) is 6.54 Å². The summed E-state index contributed by atoms with van der Waals surface area (Å²) in [6, 6.07) is 4.61. The van der Waals surface area contributed by atoms with Crippen LogP contribution in [0.1, 0.15) is 56.6 Å². The van der Waals surface area contributed by atoms with E-state index in [9.17, 15) is 13.2 Å². The van der Waals surface area contributed by atoms with Crippen molar-refractivity contribution in [3.8, 4) is 0 Å². The Hall–Kier alpha value is -1.19. The number of nitrogens with one attached hydrogen (secondary N) is 1. The average molecular weight is 297 g/mol. The highest BCUT2D eigenvalue weighted by molar-refractivity contribution is 5.64. The van der Waals surface area contributed by atoms with Crippen molar-refractivity contribution in [2.24, 2.45) is 11.3 Å². The van der Waals surface area contributed by atoms with E-state index in [1.165, 1.54) is 25.3 Å². The molecule has 116 valence electrons. The molecule has 0 saturated heterocycles. The molecule has 21 heavy (non-hydrogen) atoms. The molecule has 4 heteroatoms. The molecule has 1 saturated carbocycles. The number of hydrogen-bond acceptors (Lipinski definition) is 1. The molecule has 0 bridgehead atoms. The molecule has 1 aromatic carbocycles. The second-order valence-corrected chi connectivity index (χ2v) is 7.10. The summed E-state index contributed by atoms with van der Waals surface area (Å²) in [5.74, 6) is 0.668. The van der Waals surface area contributed by atoms with Crippen molar-refractivity contribution in [1.82, 2.24) is 0 Å². The van der Waals surface area contributed by atoms with Gasteiger partial charge in [-0.2, -0.15) is 13.2 Å². The minimum Gasteiger partial charge on any atom is -0.384 e. The van der Waals surface area contributed by atoms with E-state index in [0.29, 0.717) is 18.2 Å². The molecule has 2 aliphatic rings. The van der Waals surface area contributed by atoms with Crippen LogP contribution < -0.4 is 5.32 Å². The highest BCUT2D eigenvalue weighted by Crippen LogP contribution is 2.52. The molecule has 0 aromatic heterocycles. The normalized spacial score (nSPS) is 28.0. The van der Waals surface area contributed by atoms with Gasteiger partial charge in [0.15, 0.2) is 0 Å². The van der Waals surface area contributed by atoms with Crippen molar-refractivity contribution >= 4 is 5.69 Å². The van der Waals surface area contributed by atoms with Crippen LogP contribution in [0.3, 0.4) is 0 Å². The van der Waals surface area contributed by atoms with Crippen LogP contribution in [0, 0.1) is 11.3 Å². The summed E-state index contributed by atoms with van der Waals surface area (Å²) < 4.78 is 39.4. The van der Waals surface area contributed by atoms with Gasteiger partial charge in [0.2, 0.25) is 0 Å². The number of anilines is 1. The largest absolute Gasteiger partial charge is 0.418 e. The first-order chi connectivity index (χ1) is 9.81. The lowest BCUT2D eigenvalue weighted by atomic mass is 9.63. The van der Waals surface area contributed by atoms with Crippen molar-refractivity contribution in [1.29, 1.82) is 0 Å². The highest BCUT2D eigenvalue weighted by atomic mass is 19.4. The Bertz CT molecular complexity index is 533. The maximum atomic E-state index is 13.1. The van der Waals surface area contributed by atoms with Crippen molar-refractivity contribution in [2.45, 2.75) is 51.6 Å². The molecule has 1 nitrogen and oxygen atoms in total. The summed E-state index contributed by atoms with van der Waals surface area (Å²) in [4.78, 5) is 0. The Morgan fingerprint density at radius 1 is 1.19 bits per heavy atom. The van der Waals surface area contributed by atoms with Crippen LogP contribution >= 0.6 is 0 Å². The summed E-state index contributed by atoms with van der Waals surface area (Å²) in [6.45, 7) is 5.17. The molecule has 1 fully saturated rings. The zero-order chi connectivity index (χ0) is 15.3. The van der Waals surface area contributed by atoms with Gasteiger partial charge >= 0.3 is 6.18 Å². The van der Waals surface area contributed by atoms with E-state index in [-0.39, 0.29) is 11.3 Å². The van der Waals surface area contributed by atoms with E-state index in [1.807, 2.05) is 6.07 Å². The molecular weight excluding hydrogens is 275 g/mol. The summed E-state index contributed by atoms with van der Waals surface area (Å²) in [5, 5.41) is 3.04. The number of halogens is 3. The Labute approximate surface area is 123 Å². The van der Waals surface area contributed by atoms with Gasteiger partial charge in [-0.1, -0.05) is 38.8 Å². The van der Waals surface area contributed by atoms with Gasteiger partial charge in [-0.25, -0.2) is 0 Å². The summed E-state index contributed by atoms with van der Waals surface area (Å²) in [7, 11) is 0. The van der Waals surface area contributed by atoms with Gasteiger partial charge in [0.1, 0.15) is 0 Å². The maximum Gasteiger partial charge on any atom is 0.418 e. The molecule has 0 radical (unpaired) electrons. The molecule has 1 aromatic rings. The molecule has 1 aliphatic carbocycles. The standard InChI is InChI=1S/C17H22F3N/c1-16(2)9-4-3-7-13(16)12-10-21-15-11(12)6-5-8-14(15)17(18,19)20/h5-6,8,12-13,21H,3-4,7,9-10H2,1-2H3. The minimum atomic E-state index is -4.28. The van der Waals surface area contributed by atoms with Crippen molar-refractivity contribution < 1.29 is 13.2 Å². The highest BCUT2D eigenvalue weighted by Gasteiger charge is 2.43. The third-order valence-corrected chi connectivity index (χ3v) is 5.38. The Morgan fingerprint density at radius 3 is 2.62 bits per heavy atom. The number of benzene rings is 1. The first kappa shape index (κ1) is 14.7. The third-order valence-electron chi connectivity index (χ3n) is 5.38. The quantitative estimate of drug-likeness (QED) is 0.728. The molecule has 1 N–H and O–H groups in total. The molecule has 2 unspecified atom stereocenters. The molecular formula is C17H22F3N. The third kappa shape index (κ3) is 2.53. The molecule has 0 amide bonds. The number of alkyl halides is 3. The summed E-state index contributed by atoms with van der Waals surface area (Å²) in [5.41, 5.74) is 0.873. The first-order valence-corrected chi connectivity index (χ1v) is 7.75. The fraction of sp³-hybridized carbons (Fsp3) is 0.647. The summed E-state index contributed by atoms with van der Waals surface area (Å²) >= 11 is 0. The number of hydrogen-bond donors (Lipinski definition) is 1. The first-order valence-electron chi connectivity index (χ1n) is 7.75. The van der Waals surface area contributed by atoms with Gasteiger partial charge in [0.25, 0.3) is 0 Å². The zero-order valence-electron chi connectivity index (χ0n) is 12.6. The Balaban J connectivity index is 1.98. The van der Waals surface area contributed by atoms with Gasteiger partial charge in [0.05, 0.1) is 5.56 Å². The van der Waals surface area contributed by atoms with Crippen LogP contribution in [0.5, 0.6) is 0 Å². The topological polar surface area (TPSA) is 12.0 Å². The molecule has 2 atom stereocenters. The summed E-state index contributed by atoms with van der Waals surface area (Å²) in [6.07, 6.45) is 0.435. The van der Waals surface area contributed by atoms with Crippen LogP contribution in [0.25, 0.3) is 0 Å². The second kappa shape index (κ2) is 4.92. The van der Waals surface area contributed by atoms with Gasteiger partial charge in [0, 0.05) is 18.2 Å². The van der Waals surface area contributed by atoms with E-state index in [2.05, 4.69) is 19.2 Å². The van der Waals surface area contributed by atoms with E-state index >= 15 is 0 Å². The van der Waals surface area contributed by atoms with Crippen LogP contribution in [0.2, 0.25) is 0 Å². The lowest BCUT2D eigenvalue weighted by Crippen LogP contribution is -2.33. The molecule has 3 rings (SSSR count). The Morgan fingerprint density at radius 2 is 1.95 bits per heavy atom. The number of fused-ring (bicyclic) bond motifs is 1. The monoisotopic (exact) mass is 297 g/mol. The molecule has 1 heterocycles. The fourth-order valence-corrected chi connectivity index (χ4v) is 4.26. The predicted octanol–water partition coefficient (Wildman–Crippen LogP) is 5.43. The average Bonchev–Trinajstić information content (AvgIpc) is 2.80. The van der Waals surface area contributed by atoms with Crippen molar-refractivity contribution in [2.75, 3.05) is 11.9 Å². The van der Waals surface area contributed by atoms with Crippen LogP contribution in [0.4, 0.5) is 18.9 Å². The number of rotatable bonds is 1. The Kier molecular flexibility index (Phi) is 3.45. The second-order valence-electron chi connectivity index (χ2n) is 7.10. The predicted molar refractivity (Wildman–Crippen MR) is 78.4 cm³/mol. The zero-order valence-corrected chi connectivity index (χ0v) is 12.6. The van der Waals surface area contributed by atoms with E-state index in [0.717, 1.165) is 12.0 Å². The smallest absolute Gasteiger partial charge is 0.384 e. The maximum absolute atomic E-state index is 13.1. The van der Waals surface area contributed by atoms with Gasteiger partial charge < -0.3 is 5.32 Å². The van der Waals surface area contributed by atoms with E-state index < -0.39 is 11.7 Å². The SMILES string of the molecule is CC1(C)CCCCC1C1CNc2c1cccc2C(F)(F)F. The number of para-hydroxylation sites is 1. The lowest BCUT2D eigenvalue weighted by Gasteiger charge is -2.42. The van der Waals surface area contributed by atoms with Crippen LogP contribution in [0.15, 0.2) is 18.2 Å². The van der Waals surface area contributed by atoms with Gasteiger partial charge in [-0.3, -0.25) is 0 Å². The van der Waals surface area contributed by atoms with E-state index in [1.54, 1.807) is 6.07 Å². The molecule has 1 aliphatic heterocycles. The van der Waals surface area contributed by atoms with Gasteiger partial charge in [-0.05, 0) is 35.8 Å². The van der Waals surface area contributed by atoms with Crippen LogP contribution in [-0.2, 0) is 6.18 Å². The van der Waals surface area contributed by atoms with E-state index in [4.69, 9.17) is 0 Å². The van der Waals surface area contributed by atoms with Gasteiger partial charge in [-0.15, -0.1) is 0 Å². The van der Waals surface area contributed by atoms with Crippen molar-refractivity contribution in [3.63, 3.8) is 0 Å². The van der Waals surface area contributed by atoms with Crippen molar-refractivity contribution in [3.05, 3.63) is 29.3 Å². The minimum absolute atomic E-state index is 0.206.